The Hall–Kier alpha value is -3.21. The molecule has 1 aromatic carbocycles. The molecule has 3 aliphatic heterocycles. The van der Waals surface area contributed by atoms with Crippen molar-refractivity contribution in [1.82, 2.24) is 0 Å². The zero-order valence-corrected chi connectivity index (χ0v) is 15.7. The van der Waals surface area contributed by atoms with E-state index in [1.165, 1.54) is 0 Å². The van der Waals surface area contributed by atoms with Gasteiger partial charge in [0.2, 0.25) is 0 Å². The van der Waals surface area contributed by atoms with Gasteiger partial charge in [0.05, 0.1) is 6.61 Å². The van der Waals surface area contributed by atoms with E-state index in [0.717, 1.165) is 45.9 Å². The van der Waals surface area contributed by atoms with Crippen molar-refractivity contribution in [3.05, 3.63) is 75.9 Å². The Balaban J connectivity index is 1.60. The zero-order chi connectivity index (χ0) is 19.0. The second-order valence-electron chi connectivity index (χ2n) is 8.08. The van der Waals surface area contributed by atoms with Crippen LogP contribution in [0.2, 0.25) is 0 Å². The van der Waals surface area contributed by atoms with Crippen LogP contribution in [0.5, 0.6) is 5.75 Å². The number of benzene rings is 1. The highest BCUT2D eigenvalue weighted by molar-refractivity contribution is 6.11. The van der Waals surface area contributed by atoms with Crippen LogP contribution in [0.25, 0.3) is 0 Å². The van der Waals surface area contributed by atoms with Gasteiger partial charge < -0.3 is 9.47 Å². The van der Waals surface area contributed by atoms with E-state index < -0.39 is 5.41 Å². The van der Waals surface area contributed by atoms with Crippen molar-refractivity contribution in [3.8, 4) is 5.75 Å². The molecular formula is C23H18N2O3. The van der Waals surface area contributed by atoms with Crippen molar-refractivity contribution in [1.29, 1.82) is 0 Å². The van der Waals surface area contributed by atoms with Gasteiger partial charge >= 0.3 is 5.97 Å². The van der Waals surface area contributed by atoms with Crippen LogP contribution < -0.4 is 4.74 Å². The average Bonchev–Trinajstić information content (AvgIpc) is 3.26. The van der Waals surface area contributed by atoms with Gasteiger partial charge in [0.25, 0.3) is 0 Å². The van der Waals surface area contributed by atoms with Gasteiger partial charge in [0.15, 0.2) is 0 Å². The number of allylic oxidation sites excluding steroid dienone is 3. The van der Waals surface area contributed by atoms with Crippen molar-refractivity contribution >= 4 is 17.9 Å². The highest BCUT2D eigenvalue weighted by Crippen LogP contribution is 2.61. The van der Waals surface area contributed by atoms with Gasteiger partial charge in [0, 0.05) is 35.7 Å². The van der Waals surface area contributed by atoms with Gasteiger partial charge in [-0.2, -0.15) is 0 Å². The summed E-state index contributed by atoms with van der Waals surface area (Å²) in [6.45, 7) is 4.42. The first kappa shape index (κ1) is 15.8. The molecule has 1 aromatic rings. The summed E-state index contributed by atoms with van der Waals surface area (Å²) in [6.07, 6.45) is 10.6. The highest BCUT2D eigenvalue weighted by Gasteiger charge is 2.57. The molecule has 1 unspecified atom stereocenters. The molecule has 0 saturated heterocycles. The summed E-state index contributed by atoms with van der Waals surface area (Å²) in [7, 11) is 0. The van der Waals surface area contributed by atoms with E-state index in [0.29, 0.717) is 17.9 Å². The standard InChI is InChI=1S/C23H18N2O3/c1-12(2)11-27-22(26)15-4-3-13-10-17-16-9-14-5-7-25-19(14)21-23(16,6-8-24-17)18(13)20(15)28-21/h3-9,12H,10-11H2,1-2H3. The number of carbonyl (C=O) groups excluding carboxylic acids is 1. The molecule has 1 atom stereocenters. The smallest absolute Gasteiger partial charge is 0.341 e. The summed E-state index contributed by atoms with van der Waals surface area (Å²) in [5.41, 5.74) is 6.15. The van der Waals surface area contributed by atoms with E-state index in [1.54, 1.807) is 6.21 Å². The molecular weight excluding hydrogens is 352 g/mol. The second-order valence-corrected chi connectivity index (χ2v) is 8.08. The molecule has 3 heterocycles. The van der Waals surface area contributed by atoms with Gasteiger partial charge in [-0.3, -0.25) is 9.98 Å². The molecule has 5 nitrogen and oxygen atoms in total. The van der Waals surface area contributed by atoms with Crippen LogP contribution in [0.15, 0.2) is 69.1 Å². The van der Waals surface area contributed by atoms with Crippen molar-refractivity contribution in [2.45, 2.75) is 25.7 Å². The Morgan fingerprint density at radius 2 is 2.25 bits per heavy atom. The minimum Gasteiger partial charge on any atom is -0.462 e. The van der Waals surface area contributed by atoms with Crippen molar-refractivity contribution in [3.63, 3.8) is 0 Å². The topological polar surface area (TPSA) is 60.2 Å². The van der Waals surface area contributed by atoms with E-state index in [2.05, 4.69) is 22.1 Å². The van der Waals surface area contributed by atoms with E-state index in [4.69, 9.17) is 9.47 Å². The molecule has 1 spiro atoms. The Labute approximate surface area is 162 Å². The van der Waals surface area contributed by atoms with Crippen LogP contribution in [-0.4, -0.2) is 24.5 Å². The third-order valence-electron chi connectivity index (χ3n) is 5.86. The van der Waals surface area contributed by atoms with Crippen LogP contribution in [0, 0.1) is 5.92 Å². The maximum atomic E-state index is 12.8. The lowest BCUT2D eigenvalue weighted by atomic mass is 9.62. The van der Waals surface area contributed by atoms with Crippen LogP contribution in [0.4, 0.5) is 0 Å². The number of rotatable bonds is 3. The lowest BCUT2D eigenvalue weighted by Gasteiger charge is -2.39. The Morgan fingerprint density at radius 1 is 1.36 bits per heavy atom. The third kappa shape index (κ3) is 1.79. The van der Waals surface area contributed by atoms with Crippen LogP contribution >= 0.6 is 0 Å². The molecule has 138 valence electrons. The fraction of sp³-hybridized carbons (Fsp3) is 0.261. The third-order valence-corrected chi connectivity index (χ3v) is 5.86. The number of ether oxygens (including phenoxy) is 2. The van der Waals surface area contributed by atoms with Crippen LogP contribution in [0.1, 0.15) is 35.3 Å². The zero-order valence-electron chi connectivity index (χ0n) is 15.7. The number of hydrogen-bond acceptors (Lipinski definition) is 5. The predicted molar refractivity (Wildman–Crippen MR) is 106 cm³/mol. The maximum Gasteiger partial charge on any atom is 0.341 e. The summed E-state index contributed by atoms with van der Waals surface area (Å²) in [6, 6.07) is 3.83. The van der Waals surface area contributed by atoms with Gasteiger partial charge in [-0.05, 0) is 41.3 Å². The molecule has 0 fully saturated rings. The number of aliphatic imine (C=N–C) groups is 2. The maximum absolute atomic E-state index is 12.8. The molecule has 2 bridgehead atoms. The van der Waals surface area contributed by atoms with E-state index in [-0.39, 0.29) is 11.9 Å². The number of hydrogen-bond donors (Lipinski definition) is 0. The number of nitrogens with zero attached hydrogens (tertiary/aromatic N) is 2. The fourth-order valence-corrected chi connectivity index (χ4v) is 4.69. The lowest BCUT2D eigenvalue weighted by molar-refractivity contribution is 0.0456. The van der Waals surface area contributed by atoms with Gasteiger partial charge in [-0.1, -0.05) is 19.9 Å². The SMILES string of the molecule is CC(C)COC(=O)c1ccc2c3c1OC1=C4N=CC=C4C=C4C(=NC=CC413)C2. The average molecular weight is 370 g/mol. The lowest BCUT2D eigenvalue weighted by Crippen LogP contribution is -2.40. The largest absolute Gasteiger partial charge is 0.462 e. The number of esters is 1. The van der Waals surface area contributed by atoms with E-state index in [9.17, 15) is 4.79 Å². The summed E-state index contributed by atoms with van der Waals surface area (Å²) in [4.78, 5) is 22.0. The first-order valence-corrected chi connectivity index (χ1v) is 9.57. The molecule has 0 aromatic heterocycles. The summed E-state index contributed by atoms with van der Waals surface area (Å²) >= 11 is 0. The molecule has 28 heavy (non-hydrogen) atoms. The molecule has 6 rings (SSSR count). The van der Waals surface area contributed by atoms with Crippen LogP contribution in [-0.2, 0) is 16.6 Å². The second kappa shape index (κ2) is 5.19. The fourth-order valence-electron chi connectivity index (χ4n) is 4.69. The summed E-state index contributed by atoms with van der Waals surface area (Å²) in [5.74, 6) is 1.31. The molecule has 2 aliphatic carbocycles. The molecule has 0 saturated carbocycles. The quantitative estimate of drug-likeness (QED) is 0.760. The molecule has 0 amide bonds. The summed E-state index contributed by atoms with van der Waals surface area (Å²) < 4.78 is 11.9. The van der Waals surface area contributed by atoms with Gasteiger partial charge in [-0.25, -0.2) is 4.79 Å². The Kier molecular flexibility index (Phi) is 2.93. The first-order chi connectivity index (χ1) is 13.6. The number of carbonyl (C=O) groups is 1. The number of fused-ring (bicyclic) bond motifs is 1. The normalized spacial score (nSPS) is 24.5. The molecule has 5 heteroatoms. The highest BCUT2D eigenvalue weighted by atomic mass is 16.5. The van der Waals surface area contributed by atoms with Crippen molar-refractivity contribution in [2.24, 2.45) is 15.9 Å². The molecule has 0 radical (unpaired) electrons. The van der Waals surface area contributed by atoms with Crippen molar-refractivity contribution < 1.29 is 14.3 Å². The minimum atomic E-state index is -0.539. The van der Waals surface area contributed by atoms with Gasteiger partial charge in [-0.15, -0.1) is 0 Å². The summed E-state index contributed by atoms with van der Waals surface area (Å²) in [5, 5.41) is 0. The Morgan fingerprint density at radius 3 is 3.11 bits per heavy atom. The van der Waals surface area contributed by atoms with E-state index in [1.807, 2.05) is 38.3 Å². The van der Waals surface area contributed by atoms with Crippen LogP contribution in [0.3, 0.4) is 0 Å². The first-order valence-electron chi connectivity index (χ1n) is 9.57. The minimum absolute atomic E-state index is 0.275. The predicted octanol–water partition coefficient (Wildman–Crippen LogP) is 3.82. The van der Waals surface area contributed by atoms with Gasteiger partial charge in [0.1, 0.15) is 28.2 Å². The molecule has 5 aliphatic rings. The monoisotopic (exact) mass is 370 g/mol. The van der Waals surface area contributed by atoms with Crippen molar-refractivity contribution in [2.75, 3.05) is 6.61 Å². The van der Waals surface area contributed by atoms with E-state index >= 15 is 0 Å². The Bertz CT molecular complexity index is 1160. The molecule has 0 N–H and O–H groups in total.